The second-order valence-electron chi connectivity index (χ2n) is 6.78. The molecular formula is C20H23N3O3. The standard InChI is InChI=1S/C20H23N3O3/c1-21-9-2-10-22(12-11-21)14-17-5-8-19(20(13-17)23(25)26)18-6-3-16(15-24)4-7-18/h3-8,13,15H,2,9-12,14H2,1H3. The maximum atomic E-state index is 11.6. The summed E-state index contributed by atoms with van der Waals surface area (Å²) in [5.74, 6) is 0. The molecule has 1 heterocycles. The molecule has 1 saturated heterocycles. The first-order valence-electron chi connectivity index (χ1n) is 8.80. The third-order valence-electron chi connectivity index (χ3n) is 4.83. The maximum Gasteiger partial charge on any atom is 0.277 e. The van der Waals surface area contributed by atoms with E-state index in [1.54, 1.807) is 30.3 Å². The smallest absolute Gasteiger partial charge is 0.277 e. The third kappa shape index (κ3) is 4.33. The van der Waals surface area contributed by atoms with Crippen molar-refractivity contribution in [2.45, 2.75) is 13.0 Å². The number of benzene rings is 2. The summed E-state index contributed by atoms with van der Waals surface area (Å²) in [6.45, 7) is 4.81. The van der Waals surface area contributed by atoms with Crippen molar-refractivity contribution in [3.8, 4) is 11.1 Å². The van der Waals surface area contributed by atoms with Gasteiger partial charge in [-0.15, -0.1) is 0 Å². The van der Waals surface area contributed by atoms with Gasteiger partial charge in [0.2, 0.25) is 0 Å². The normalized spacial score (nSPS) is 16.2. The Labute approximate surface area is 153 Å². The molecule has 0 atom stereocenters. The number of rotatable bonds is 5. The van der Waals surface area contributed by atoms with Crippen LogP contribution in [0.2, 0.25) is 0 Å². The van der Waals surface area contributed by atoms with Crippen molar-refractivity contribution in [3.05, 3.63) is 63.7 Å². The molecule has 1 aliphatic heterocycles. The number of likely N-dealkylation sites (N-methyl/N-ethyl adjacent to an activating group) is 1. The van der Waals surface area contributed by atoms with E-state index in [1.165, 1.54) is 0 Å². The van der Waals surface area contributed by atoms with Gasteiger partial charge in [0.25, 0.3) is 5.69 Å². The zero-order chi connectivity index (χ0) is 18.5. The highest BCUT2D eigenvalue weighted by molar-refractivity contribution is 5.79. The summed E-state index contributed by atoms with van der Waals surface area (Å²) >= 11 is 0. The molecule has 0 radical (unpaired) electrons. The van der Waals surface area contributed by atoms with Crippen LogP contribution in [0, 0.1) is 10.1 Å². The fourth-order valence-corrected chi connectivity index (χ4v) is 3.33. The lowest BCUT2D eigenvalue weighted by atomic mass is 10.0. The van der Waals surface area contributed by atoms with Crippen molar-refractivity contribution < 1.29 is 9.72 Å². The van der Waals surface area contributed by atoms with Crippen LogP contribution in [-0.4, -0.2) is 54.2 Å². The maximum absolute atomic E-state index is 11.6. The van der Waals surface area contributed by atoms with Gasteiger partial charge in [0.05, 0.1) is 10.5 Å². The van der Waals surface area contributed by atoms with Crippen molar-refractivity contribution >= 4 is 12.0 Å². The van der Waals surface area contributed by atoms with Crippen LogP contribution in [0.5, 0.6) is 0 Å². The summed E-state index contributed by atoms with van der Waals surface area (Å²) in [5, 5.41) is 11.6. The topological polar surface area (TPSA) is 66.7 Å². The lowest BCUT2D eigenvalue weighted by molar-refractivity contribution is -0.384. The lowest BCUT2D eigenvalue weighted by Gasteiger charge is -2.20. The Hall–Kier alpha value is -2.57. The summed E-state index contributed by atoms with van der Waals surface area (Å²) in [4.78, 5) is 26.7. The first kappa shape index (κ1) is 18.2. The Morgan fingerprint density at radius 3 is 2.54 bits per heavy atom. The third-order valence-corrected chi connectivity index (χ3v) is 4.83. The van der Waals surface area contributed by atoms with Gasteiger partial charge in [-0.3, -0.25) is 19.8 Å². The first-order valence-corrected chi connectivity index (χ1v) is 8.80. The average molecular weight is 353 g/mol. The van der Waals surface area contributed by atoms with E-state index in [2.05, 4.69) is 16.8 Å². The van der Waals surface area contributed by atoms with E-state index >= 15 is 0 Å². The van der Waals surface area contributed by atoms with Crippen LogP contribution in [0.15, 0.2) is 42.5 Å². The van der Waals surface area contributed by atoms with Gasteiger partial charge in [-0.25, -0.2) is 0 Å². The predicted molar refractivity (Wildman–Crippen MR) is 101 cm³/mol. The molecular weight excluding hydrogens is 330 g/mol. The largest absolute Gasteiger partial charge is 0.305 e. The van der Waals surface area contributed by atoms with E-state index in [9.17, 15) is 14.9 Å². The Kier molecular flexibility index (Phi) is 5.75. The Balaban J connectivity index is 1.84. The van der Waals surface area contributed by atoms with E-state index in [1.807, 2.05) is 12.1 Å². The molecule has 26 heavy (non-hydrogen) atoms. The quantitative estimate of drug-likeness (QED) is 0.469. The zero-order valence-corrected chi connectivity index (χ0v) is 14.9. The van der Waals surface area contributed by atoms with Crippen LogP contribution in [0.3, 0.4) is 0 Å². The second-order valence-corrected chi connectivity index (χ2v) is 6.78. The molecule has 6 heteroatoms. The van der Waals surface area contributed by atoms with E-state index < -0.39 is 0 Å². The van der Waals surface area contributed by atoms with Crippen molar-refractivity contribution in [3.63, 3.8) is 0 Å². The summed E-state index contributed by atoms with van der Waals surface area (Å²) in [6.07, 6.45) is 1.87. The minimum Gasteiger partial charge on any atom is -0.305 e. The fourth-order valence-electron chi connectivity index (χ4n) is 3.33. The molecule has 0 bridgehead atoms. The van der Waals surface area contributed by atoms with Crippen LogP contribution >= 0.6 is 0 Å². The minimum absolute atomic E-state index is 0.105. The van der Waals surface area contributed by atoms with Gasteiger partial charge >= 0.3 is 0 Å². The molecule has 0 amide bonds. The van der Waals surface area contributed by atoms with Crippen molar-refractivity contribution in [1.82, 2.24) is 9.80 Å². The molecule has 1 aliphatic rings. The number of carbonyl (C=O) groups excluding carboxylic acids is 1. The molecule has 3 rings (SSSR count). The summed E-state index contributed by atoms with van der Waals surface area (Å²) in [7, 11) is 2.12. The van der Waals surface area contributed by atoms with Gasteiger partial charge in [0.15, 0.2) is 0 Å². The second kappa shape index (κ2) is 8.21. The highest BCUT2D eigenvalue weighted by Crippen LogP contribution is 2.31. The highest BCUT2D eigenvalue weighted by Gasteiger charge is 2.18. The predicted octanol–water partition coefficient (Wildman–Crippen LogP) is 3.21. The van der Waals surface area contributed by atoms with Gasteiger partial charge in [-0.2, -0.15) is 0 Å². The monoisotopic (exact) mass is 353 g/mol. The number of hydrogen-bond donors (Lipinski definition) is 0. The van der Waals surface area contributed by atoms with Crippen molar-refractivity contribution in [2.24, 2.45) is 0 Å². The van der Waals surface area contributed by atoms with E-state index in [0.717, 1.165) is 56.6 Å². The van der Waals surface area contributed by atoms with Crippen LogP contribution < -0.4 is 0 Å². The number of carbonyl (C=O) groups is 1. The fraction of sp³-hybridized carbons (Fsp3) is 0.350. The number of hydrogen-bond acceptors (Lipinski definition) is 5. The molecule has 0 aliphatic carbocycles. The Bertz CT molecular complexity index is 789. The van der Waals surface area contributed by atoms with Crippen LogP contribution in [0.4, 0.5) is 5.69 Å². The van der Waals surface area contributed by atoms with Gasteiger partial charge < -0.3 is 4.90 Å². The van der Waals surface area contributed by atoms with Crippen LogP contribution in [-0.2, 0) is 6.54 Å². The van der Waals surface area contributed by atoms with E-state index in [-0.39, 0.29) is 10.6 Å². The number of nitro benzene ring substituents is 1. The van der Waals surface area contributed by atoms with Gasteiger partial charge in [-0.05, 0) is 43.8 Å². The Morgan fingerprint density at radius 2 is 1.85 bits per heavy atom. The molecule has 2 aromatic rings. The number of nitro groups is 1. The molecule has 0 saturated carbocycles. The van der Waals surface area contributed by atoms with Gasteiger partial charge in [0.1, 0.15) is 6.29 Å². The molecule has 0 spiro atoms. The van der Waals surface area contributed by atoms with Crippen LogP contribution in [0.1, 0.15) is 22.3 Å². The molecule has 1 fully saturated rings. The van der Waals surface area contributed by atoms with Crippen molar-refractivity contribution in [2.75, 3.05) is 33.2 Å². The van der Waals surface area contributed by atoms with E-state index in [0.29, 0.717) is 11.1 Å². The van der Waals surface area contributed by atoms with Crippen molar-refractivity contribution in [1.29, 1.82) is 0 Å². The molecule has 0 N–H and O–H groups in total. The van der Waals surface area contributed by atoms with E-state index in [4.69, 9.17) is 0 Å². The SMILES string of the molecule is CN1CCCN(Cc2ccc(-c3ccc(C=O)cc3)c([N+](=O)[O-])c2)CC1. The first-order chi connectivity index (χ1) is 12.6. The molecule has 6 nitrogen and oxygen atoms in total. The summed E-state index contributed by atoms with van der Waals surface area (Å²) < 4.78 is 0. The minimum atomic E-state index is -0.331. The van der Waals surface area contributed by atoms with Crippen LogP contribution in [0.25, 0.3) is 11.1 Å². The number of aldehydes is 1. The molecule has 2 aromatic carbocycles. The summed E-state index contributed by atoms with van der Waals surface area (Å²) in [5.41, 5.74) is 2.93. The molecule has 0 aromatic heterocycles. The number of nitrogens with zero attached hydrogens (tertiary/aromatic N) is 3. The summed E-state index contributed by atoms with van der Waals surface area (Å²) in [6, 6.07) is 12.3. The Morgan fingerprint density at radius 1 is 1.08 bits per heavy atom. The van der Waals surface area contributed by atoms with Gasteiger partial charge in [-0.1, -0.05) is 30.3 Å². The zero-order valence-electron chi connectivity index (χ0n) is 14.9. The molecule has 136 valence electrons. The highest BCUT2D eigenvalue weighted by atomic mass is 16.6. The van der Waals surface area contributed by atoms with Gasteiger partial charge in [0, 0.05) is 31.3 Å². The molecule has 0 unspecified atom stereocenters. The lowest BCUT2D eigenvalue weighted by Crippen LogP contribution is -2.28. The average Bonchev–Trinajstić information content (AvgIpc) is 2.86.